The van der Waals surface area contributed by atoms with Crippen molar-refractivity contribution in [3.05, 3.63) is 53.6 Å². The van der Waals surface area contributed by atoms with Crippen LogP contribution in [-0.2, 0) is 16.8 Å². The molecule has 0 heterocycles. The van der Waals surface area contributed by atoms with Gasteiger partial charge in [-0.2, -0.15) is 0 Å². The molecular weight excluding hydrogens is 355 g/mol. The Hall–Kier alpha value is -1.54. The maximum atomic E-state index is 11.2. The molecule has 24 heavy (non-hydrogen) atoms. The number of hydrogen-bond acceptors (Lipinski definition) is 6. The largest absolute Gasteiger partial charge is 0.508 e. The number of aryl methyl sites for hydroxylation is 1. The van der Waals surface area contributed by atoms with Gasteiger partial charge >= 0.3 is 6.80 Å². The van der Waals surface area contributed by atoms with Crippen LogP contribution in [0.3, 0.4) is 0 Å². The lowest BCUT2D eigenvalue weighted by molar-refractivity contribution is -0.175. The van der Waals surface area contributed by atoms with Crippen LogP contribution in [0.2, 0.25) is 0 Å². The molecule has 0 bridgehead atoms. The van der Waals surface area contributed by atoms with Crippen molar-refractivity contribution < 1.29 is 34.8 Å². The summed E-state index contributed by atoms with van der Waals surface area (Å²) in [4.78, 5) is 18.1. The topological polar surface area (TPSA) is 138 Å². The van der Waals surface area contributed by atoms with E-state index in [1.165, 1.54) is 24.3 Å². The average molecular weight is 372 g/mol. The molecule has 0 spiro atoms. The molecular formula is C15H17O7PS. The molecule has 6 N–H and O–H groups in total. The quantitative estimate of drug-likeness (QED) is 0.335. The van der Waals surface area contributed by atoms with Gasteiger partial charge in [-0.15, -0.1) is 0 Å². The zero-order valence-electron chi connectivity index (χ0n) is 12.4. The number of rotatable bonds is 6. The van der Waals surface area contributed by atoms with Crippen molar-refractivity contribution in [2.75, 3.05) is 0 Å². The Morgan fingerprint density at radius 2 is 1.67 bits per heavy atom. The van der Waals surface area contributed by atoms with E-state index in [9.17, 15) is 25.0 Å². The Bertz CT molecular complexity index is 772. The number of aromatic hydroxyl groups is 2. The lowest BCUT2D eigenvalue weighted by atomic mass is 9.97. The Balaban J connectivity index is 2.27. The minimum absolute atomic E-state index is 0.0398. The zero-order valence-corrected chi connectivity index (χ0v) is 14.1. The van der Waals surface area contributed by atoms with Gasteiger partial charge in [0, 0.05) is 16.9 Å². The SMILES string of the molecule is O=P(O)(O)Sc1ccc(O)cc1C(O)(O)CCc1cccc(O)c1. The first-order chi connectivity index (χ1) is 11.1. The summed E-state index contributed by atoms with van der Waals surface area (Å²) in [5.41, 5.74) is 0.461. The van der Waals surface area contributed by atoms with Crippen LogP contribution in [0, 0.1) is 0 Å². The number of benzene rings is 2. The smallest absolute Gasteiger partial charge is 0.388 e. The van der Waals surface area contributed by atoms with E-state index in [2.05, 4.69) is 0 Å². The molecule has 0 amide bonds. The van der Waals surface area contributed by atoms with Crippen molar-refractivity contribution in [1.29, 1.82) is 0 Å². The molecule has 2 rings (SSSR count). The summed E-state index contributed by atoms with van der Waals surface area (Å²) in [5.74, 6) is -2.63. The molecule has 0 saturated heterocycles. The summed E-state index contributed by atoms with van der Waals surface area (Å²) in [6.45, 7) is -4.50. The fraction of sp³-hybridized carbons (Fsp3) is 0.200. The molecule has 0 atom stereocenters. The normalized spacial score (nSPS) is 12.3. The summed E-state index contributed by atoms with van der Waals surface area (Å²) in [7, 11) is 0. The zero-order chi connectivity index (χ0) is 18.0. The van der Waals surface area contributed by atoms with E-state index < -0.39 is 12.6 Å². The molecule has 0 radical (unpaired) electrons. The molecule has 0 aliphatic rings. The number of aliphatic hydroxyl groups is 2. The van der Waals surface area contributed by atoms with Crippen LogP contribution in [0.4, 0.5) is 0 Å². The van der Waals surface area contributed by atoms with Gasteiger partial charge in [-0.3, -0.25) is 0 Å². The second kappa shape index (κ2) is 7.14. The standard InChI is InChI=1S/C15H17O7PS/c16-11-3-1-2-10(8-11)6-7-15(18,19)13-9-12(17)4-5-14(13)24-23(20,21)22/h1-5,8-9,16-19H,6-7H2,(H2,20,21,22). The molecule has 7 nitrogen and oxygen atoms in total. The predicted molar refractivity (Wildman–Crippen MR) is 88.6 cm³/mol. The molecule has 0 unspecified atom stereocenters. The van der Waals surface area contributed by atoms with Gasteiger partial charge in [0.1, 0.15) is 11.5 Å². The highest BCUT2D eigenvalue weighted by Crippen LogP contribution is 2.56. The van der Waals surface area contributed by atoms with Gasteiger partial charge in [0.2, 0.25) is 0 Å². The first-order valence-electron chi connectivity index (χ1n) is 6.88. The highest BCUT2D eigenvalue weighted by Gasteiger charge is 2.31. The highest BCUT2D eigenvalue weighted by molar-refractivity contribution is 8.54. The third kappa shape index (κ3) is 5.24. The van der Waals surface area contributed by atoms with Crippen molar-refractivity contribution in [3.8, 4) is 11.5 Å². The number of phenolic OH excluding ortho intramolecular Hbond substituents is 2. The maximum Gasteiger partial charge on any atom is 0.388 e. The van der Waals surface area contributed by atoms with E-state index in [0.717, 1.165) is 6.07 Å². The highest BCUT2D eigenvalue weighted by atomic mass is 32.7. The van der Waals surface area contributed by atoms with Crippen LogP contribution in [0.5, 0.6) is 11.5 Å². The molecule has 0 aromatic heterocycles. The van der Waals surface area contributed by atoms with Crippen molar-refractivity contribution in [1.82, 2.24) is 0 Å². The van der Waals surface area contributed by atoms with Gasteiger partial charge in [0.15, 0.2) is 5.79 Å². The summed E-state index contributed by atoms with van der Waals surface area (Å²) in [6.07, 6.45) is -0.00824. The molecule has 0 saturated carbocycles. The van der Waals surface area contributed by atoms with Crippen LogP contribution in [0.25, 0.3) is 0 Å². The molecule has 0 aliphatic carbocycles. The van der Waals surface area contributed by atoms with E-state index in [1.807, 2.05) is 0 Å². The Morgan fingerprint density at radius 1 is 1.00 bits per heavy atom. The van der Waals surface area contributed by atoms with Gasteiger partial charge in [0.25, 0.3) is 0 Å². The van der Waals surface area contributed by atoms with Crippen molar-refractivity contribution in [3.63, 3.8) is 0 Å². The molecule has 2 aromatic rings. The second-order valence-electron chi connectivity index (χ2n) is 5.25. The summed E-state index contributed by atoms with van der Waals surface area (Å²) < 4.78 is 11.2. The molecule has 2 aromatic carbocycles. The van der Waals surface area contributed by atoms with E-state index in [0.29, 0.717) is 5.56 Å². The van der Waals surface area contributed by atoms with Crippen LogP contribution in [-0.4, -0.2) is 30.2 Å². The number of phenols is 2. The summed E-state index contributed by atoms with van der Waals surface area (Å²) in [6, 6.07) is 9.74. The first-order valence-corrected chi connectivity index (χ1v) is 9.91. The second-order valence-corrected chi connectivity index (χ2v) is 8.83. The number of hydrogen-bond donors (Lipinski definition) is 6. The van der Waals surface area contributed by atoms with Gasteiger partial charge in [-0.1, -0.05) is 12.1 Å². The van der Waals surface area contributed by atoms with E-state index in [1.54, 1.807) is 12.1 Å². The Kier molecular flexibility index (Phi) is 5.59. The molecule has 130 valence electrons. The van der Waals surface area contributed by atoms with Crippen LogP contribution >= 0.6 is 18.2 Å². The van der Waals surface area contributed by atoms with E-state index in [4.69, 9.17) is 9.79 Å². The average Bonchev–Trinajstić information content (AvgIpc) is 2.46. The molecule has 9 heteroatoms. The third-order valence-corrected chi connectivity index (χ3v) is 5.38. The lowest BCUT2D eigenvalue weighted by Gasteiger charge is -2.25. The molecule has 0 fully saturated rings. The van der Waals surface area contributed by atoms with Gasteiger partial charge < -0.3 is 30.2 Å². The Labute approximate surface area is 142 Å². The fourth-order valence-corrected chi connectivity index (χ4v) is 4.16. The lowest BCUT2D eigenvalue weighted by Crippen LogP contribution is -2.26. The fourth-order valence-electron chi connectivity index (χ4n) is 2.20. The summed E-state index contributed by atoms with van der Waals surface area (Å²) >= 11 is 0.183. The van der Waals surface area contributed by atoms with E-state index >= 15 is 0 Å². The van der Waals surface area contributed by atoms with Crippen LogP contribution in [0.1, 0.15) is 17.5 Å². The van der Waals surface area contributed by atoms with Crippen LogP contribution in [0.15, 0.2) is 47.4 Å². The summed E-state index contributed by atoms with van der Waals surface area (Å²) in [5, 5.41) is 39.7. The van der Waals surface area contributed by atoms with Gasteiger partial charge in [-0.05, 0) is 53.7 Å². The maximum absolute atomic E-state index is 11.2. The monoisotopic (exact) mass is 372 g/mol. The minimum Gasteiger partial charge on any atom is -0.508 e. The van der Waals surface area contributed by atoms with Crippen molar-refractivity contribution >= 4 is 18.2 Å². The third-order valence-electron chi connectivity index (χ3n) is 3.28. The Morgan fingerprint density at radius 3 is 2.29 bits per heavy atom. The van der Waals surface area contributed by atoms with Crippen LogP contribution < -0.4 is 0 Å². The van der Waals surface area contributed by atoms with Gasteiger partial charge in [0.05, 0.1) is 0 Å². The van der Waals surface area contributed by atoms with Crippen molar-refractivity contribution in [2.24, 2.45) is 0 Å². The van der Waals surface area contributed by atoms with Gasteiger partial charge in [-0.25, -0.2) is 4.57 Å². The van der Waals surface area contributed by atoms with E-state index in [-0.39, 0.29) is 46.2 Å². The first kappa shape index (κ1) is 18.8. The van der Waals surface area contributed by atoms with Crippen molar-refractivity contribution in [2.45, 2.75) is 23.5 Å². The predicted octanol–water partition coefficient (Wildman–Crippen LogP) is 2.05. The molecule has 0 aliphatic heterocycles. The minimum atomic E-state index is -4.50.